The molecule has 0 nitrogen and oxygen atoms in total. The summed E-state index contributed by atoms with van der Waals surface area (Å²) in [6.07, 6.45) is 28.0. The minimum absolute atomic E-state index is 0.694. The van der Waals surface area contributed by atoms with Gasteiger partial charge in [0.15, 0.2) is 0 Å². The van der Waals surface area contributed by atoms with Crippen LogP contribution in [0, 0.1) is 5.92 Å². The van der Waals surface area contributed by atoms with Crippen LogP contribution in [0.25, 0.3) is 18.2 Å². The molecule has 0 bridgehead atoms. The Kier molecular flexibility index (Phi) is 15.8. The van der Waals surface area contributed by atoms with Gasteiger partial charge in [-0.1, -0.05) is 176 Å². The van der Waals surface area contributed by atoms with Crippen molar-refractivity contribution in [2.45, 2.75) is 111 Å². The highest BCUT2D eigenvalue weighted by molar-refractivity contribution is 5.69. The summed E-state index contributed by atoms with van der Waals surface area (Å²) in [5.41, 5.74) is 9.42. The van der Waals surface area contributed by atoms with Gasteiger partial charge in [-0.3, -0.25) is 0 Å². The summed E-state index contributed by atoms with van der Waals surface area (Å²) in [7, 11) is 0. The van der Waals surface area contributed by atoms with Crippen molar-refractivity contribution in [3.8, 4) is 0 Å². The van der Waals surface area contributed by atoms with E-state index in [1.807, 2.05) is 0 Å². The molecule has 0 aliphatic rings. The summed E-state index contributed by atoms with van der Waals surface area (Å²) < 4.78 is 0. The van der Waals surface area contributed by atoms with Gasteiger partial charge < -0.3 is 0 Å². The van der Waals surface area contributed by atoms with Crippen LogP contribution in [0.1, 0.15) is 125 Å². The van der Waals surface area contributed by atoms with Crippen LogP contribution in [0.2, 0.25) is 0 Å². The maximum atomic E-state index is 2.38. The Bertz CT molecular complexity index is 1240. The predicted molar refractivity (Wildman–Crippen MR) is 189 cm³/mol. The summed E-state index contributed by atoms with van der Waals surface area (Å²) >= 11 is 0. The SMILES string of the molecule is CCCCCCc1ccc(C=CC(C=Cc2cccc(CCCCCC)c2)=Cc2ccccc2CC(C)CCC)cc1. The van der Waals surface area contributed by atoms with Crippen LogP contribution in [0.5, 0.6) is 0 Å². The van der Waals surface area contributed by atoms with Crippen molar-refractivity contribution in [1.29, 1.82) is 0 Å². The van der Waals surface area contributed by atoms with Crippen LogP contribution in [0.3, 0.4) is 0 Å². The van der Waals surface area contributed by atoms with Gasteiger partial charge in [0.2, 0.25) is 0 Å². The van der Waals surface area contributed by atoms with Crippen LogP contribution in [0.15, 0.2) is 90.5 Å². The van der Waals surface area contributed by atoms with E-state index in [2.05, 4.69) is 131 Å². The first-order valence-electron chi connectivity index (χ1n) is 16.9. The standard InChI is InChI=1S/C42H56/c1-5-8-10-12-18-36-24-26-37(27-25-36)28-29-40(34-42-23-15-14-22-41(42)32-35(4)17-7-3)31-30-39-21-16-20-38(33-39)19-13-11-9-6-2/h14-16,20-31,33-35H,5-13,17-19,32H2,1-4H3. The molecule has 0 aliphatic heterocycles. The monoisotopic (exact) mass is 560 g/mol. The molecule has 224 valence electrons. The molecule has 0 amide bonds. The van der Waals surface area contributed by atoms with Crippen molar-refractivity contribution in [2.24, 2.45) is 5.92 Å². The molecule has 3 aromatic rings. The van der Waals surface area contributed by atoms with Crippen molar-refractivity contribution in [3.63, 3.8) is 0 Å². The molecule has 3 rings (SSSR count). The lowest BCUT2D eigenvalue weighted by Gasteiger charge is -2.13. The van der Waals surface area contributed by atoms with Gasteiger partial charge in [-0.15, -0.1) is 0 Å². The van der Waals surface area contributed by atoms with E-state index >= 15 is 0 Å². The average Bonchev–Trinajstić information content (AvgIpc) is 3.01. The molecule has 0 N–H and O–H groups in total. The van der Waals surface area contributed by atoms with Crippen molar-refractivity contribution < 1.29 is 0 Å². The Morgan fingerprint density at radius 3 is 1.98 bits per heavy atom. The Morgan fingerprint density at radius 1 is 0.619 bits per heavy atom. The quantitative estimate of drug-likeness (QED) is 0.101. The smallest absolute Gasteiger partial charge is 0.0218 e. The van der Waals surface area contributed by atoms with Gasteiger partial charge in [-0.2, -0.15) is 0 Å². The van der Waals surface area contributed by atoms with Crippen LogP contribution in [-0.4, -0.2) is 0 Å². The summed E-state index contributed by atoms with van der Waals surface area (Å²) in [6, 6.07) is 27.2. The fraction of sp³-hybridized carbons (Fsp3) is 0.429. The Hall–Kier alpha value is -3.12. The van der Waals surface area contributed by atoms with Crippen molar-refractivity contribution in [1.82, 2.24) is 0 Å². The van der Waals surface area contributed by atoms with Crippen LogP contribution in [0.4, 0.5) is 0 Å². The molecular formula is C42H56. The molecule has 0 aromatic heterocycles. The van der Waals surface area contributed by atoms with E-state index in [0.29, 0.717) is 5.92 Å². The molecule has 1 unspecified atom stereocenters. The second-order valence-electron chi connectivity index (χ2n) is 12.2. The lowest BCUT2D eigenvalue weighted by molar-refractivity contribution is 0.522. The van der Waals surface area contributed by atoms with E-state index in [-0.39, 0.29) is 0 Å². The van der Waals surface area contributed by atoms with Gasteiger partial charge >= 0.3 is 0 Å². The first-order valence-corrected chi connectivity index (χ1v) is 16.9. The van der Waals surface area contributed by atoms with E-state index in [1.54, 1.807) is 0 Å². The fourth-order valence-corrected chi connectivity index (χ4v) is 5.71. The van der Waals surface area contributed by atoms with Gasteiger partial charge in [0.05, 0.1) is 0 Å². The summed E-state index contributed by atoms with van der Waals surface area (Å²) in [6.45, 7) is 9.22. The van der Waals surface area contributed by atoms with Crippen LogP contribution >= 0.6 is 0 Å². The average molecular weight is 561 g/mol. The Morgan fingerprint density at radius 2 is 1.29 bits per heavy atom. The molecular weight excluding hydrogens is 504 g/mol. The molecule has 1 atom stereocenters. The molecule has 0 heteroatoms. The molecule has 0 saturated heterocycles. The number of hydrogen-bond acceptors (Lipinski definition) is 0. The summed E-state index contributed by atoms with van der Waals surface area (Å²) in [5.74, 6) is 0.694. The summed E-state index contributed by atoms with van der Waals surface area (Å²) in [4.78, 5) is 0. The predicted octanol–water partition coefficient (Wildman–Crippen LogP) is 12.7. The molecule has 0 saturated carbocycles. The van der Waals surface area contributed by atoms with Gasteiger partial charge in [-0.25, -0.2) is 0 Å². The van der Waals surface area contributed by atoms with E-state index in [4.69, 9.17) is 0 Å². The molecule has 42 heavy (non-hydrogen) atoms. The number of aryl methyl sites for hydroxylation is 2. The topological polar surface area (TPSA) is 0 Å². The number of rotatable bonds is 19. The zero-order valence-corrected chi connectivity index (χ0v) is 27.1. The third kappa shape index (κ3) is 12.8. The number of hydrogen-bond donors (Lipinski definition) is 0. The molecule has 0 spiro atoms. The lowest BCUT2D eigenvalue weighted by atomic mass is 9.93. The van der Waals surface area contributed by atoms with E-state index in [1.165, 1.54) is 116 Å². The largest absolute Gasteiger partial charge is 0.0654 e. The van der Waals surface area contributed by atoms with E-state index < -0.39 is 0 Å². The minimum atomic E-state index is 0.694. The molecule has 0 aliphatic carbocycles. The number of allylic oxidation sites excluding steroid dienone is 3. The normalized spacial score (nSPS) is 12.9. The highest BCUT2D eigenvalue weighted by Crippen LogP contribution is 2.22. The third-order valence-corrected chi connectivity index (χ3v) is 8.23. The lowest BCUT2D eigenvalue weighted by Crippen LogP contribution is -2.01. The molecule has 3 aromatic carbocycles. The first-order chi connectivity index (χ1) is 20.6. The van der Waals surface area contributed by atoms with Crippen LogP contribution in [-0.2, 0) is 19.3 Å². The van der Waals surface area contributed by atoms with Crippen molar-refractivity contribution in [3.05, 3.63) is 124 Å². The molecule has 0 radical (unpaired) electrons. The second kappa shape index (κ2) is 19.9. The summed E-state index contributed by atoms with van der Waals surface area (Å²) in [5, 5.41) is 0. The van der Waals surface area contributed by atoms with Crippen molar-refractivity contribution >= 4 is 18.2 Å². The highest BCUT2D eigenvalue weighted by Gasteiger charge is 2.06. The Labute approximate surface area is 258 Å². The van der Waals surface area contributed by atoms with E-state index in [0.717, 1.165) is 6.42 Å². The first kappa shape index (κ1) is 33.4. The van der Waals surface area contributed by atoms with Gasteiger partial charge in [-0.05, 0) is 83.1 Å². The maximum Gasteiger partial charge on any atom is -0.0218 e. The van der Waals surface area contributed by atoms with Gasteiger partial charge in [0.25, 0.3) is 0 Å². The molecule has 0 heterocycles. The minimum Gasteiger partial charge on any atom is -0.0654 e. The van der Waals surface area contributed by atoms with Crippen molar-refractivity contribution in [2.75, 3.05) is 0 Å². The maximum absolute atomic E-state index is 2.38. The van der Waals surface area contributed by atoms with E-state index in [9.17, 15) is 0 Å². The zero-order chi connectivity index (χ0) is 29.8. The van der Waals surface area contributed by atoms with Crippen LogP contribution < -0.4 is 0 Å². The molecule has 0 fully saturated rings. The Balaban J connectivity index is 1.83. The van der Waals surface area contributed by atoms with Gasteiger partial charge in [0, 0.05) is 0 Å². The van der Waals surface area contributed by atoms with Gasteiger partial charge in [0.1, 0.15) is 0 Å². The fourth-order valence-electron chi connectivity index (χ4n) is 5.71. The zero-order valence-electron chi connectivity index (χ0n) is 27.1. The second-order valence-corrected chi connectivity index (χ2v) is 12.2. The number of unbranched alkanes of at least 4 members (excludes halogenated alkanes) is 6. The third-order valence-electron chi connectivity index (χ3n) is 8.23. The highest BCUT2D eigenvalue weighted by atomic mass is 14.1. The number of benzene rings is 3.